The smallest absolute Gasteiger partial charge is 0.491 e. The number of nitrogens with zero attached hydrogens (tertiary/aromatic N) is 2. The van der Waals surface area contributed by atoms with Crippen molar-refractivity contribution < 1.29 is 46.5 Å². The predicted octanol–water partition coefficient (Wildman–Crippen LogP) is 2.51. The van der Waals surface area contributed by atoms with Crippen molar-refractivity contribution in [2.24, 2.45) is 0 Å². The van der Waals surface area contributed by atoms with E-state index in [1.54, 1.807) is 53.7 Å². The van der Waals surface area contributed by atoms with E-state index in [9.17, 15) is 20.1 Å². The van der Waals surface area contributed by atoms with E-state index in [0.717, 1.165) is 5.56 Å². The van der Waals surface area contributed by atoms with E-state index >= 15 is 0 Å². The normalized spacial score (nSPS) is 25.2. The summed E-state index contributed by atoms with van der Waals surface area (Å²) in [5, 5.41) is 35.8. The zero-order chi connectivity index (χ0) is 29.1. The van der Waals surface area contributed by atoms with Crippen molar-refractivity contribution in [2.75, 3.05) is 13.2 Å². The van der Waals surface area contributed by atoms with Gasteiger partial charge in [-0.15, -0.1) is 5.10 Å². The van der Waals surface area contributed by atoms with Crippen molar-refractivity contribution in [1.29, 1.82) is 0 Å². The lowest BCUT2D eigenvalue weighted by Gasteiger charge is -2.39. The molecule has 0 saturated carbocycles. The molecule has 2 aromatic rings. The summed E-state index contributed by atoms with van der Waals surface area (Å²) in [4.78, 5) is 11.6. The van der Waals surface area contributed by atoms with Crippen LogP contribution in [0.25, 0.3) is 0 Å². The summed E-state index contributed by atoms with van der Waals surface area (Å²) in [6.45, 7) is 9.62. The lowest BCUT2D eigenvalue weighted by Crippen LogP contribution is -2.60. The summed E-state index contributed by atoms with van der Waals surface area (Å²) in [5.41, 5.74) is 2.12. The molecule has 1 saturated heterocycles. The number of aliphatic hydroxyl groups is 3. The van der Waals surface area contributed by atoms with Crippen molar-refractivity contribution in [2.45, 2.75) is 90.8 Å². The Labute approximate surface area is 219 Å². The van der Waals surface area contributed by atoms with Crippen molar-refractivity contribution >= 4 is 6.16 Å². The molecule has 11 heteroatoms. The minimum Gasteiger partial charge on any atom is -0.491 e. The fourth-order valence-corrected chi connectivity index (χ4v) is 3.93. The van der Waals surface area contributed by atoms with E-state index in [1.807, 2.05) is 12.1 Å². The van der Waals surface area contributed by atoms with Crippen LogP contribution in [0, 0.1) is 6.92 Å². The van der Waals surface area contributed by atoms with Gasteiger partial charge in [0, 0.05) is 23.7 Å². The minimum absolute atomic E-state index is 0.0677. The number of aromatic nitrogens is 2. The average Bonchev–Trinajstić information content (AvgIpc) is 3.14. The second-order valence-corrected chi connectivity index (χ2v) is 9.19. The zero-order valence-corrected chi connectivity index (χ0v) is 22.0. The van der Waals surface area contributed by atoms with Gasteiger partial charge in [0.25, 0.3) is 0 Å². The van der Waals surface area contributed by atoms with Crippen LogP contribution in [0.15, 0.2) is 24.3 Å². The van der Waals surface area contributed by atoms with Gasteiger partial charge in [-0.05, 0) is 59.2 Å². The molecule has 0 aliphatic carbocycles. The molecule has 3 N–H and O–H groups in total. The van der Waals surface area contributed by atoms with E-state index < -0.39 is 55.6 Å². The highest BCUT2D eigenvalue weighted by Gasteiger charge is 2.46. The average molecular weight is 525 g/mol. The molecule has 1 aliphatic rings. The second kappa shape index (κ2) is 12.6. The van der Waals surface area contributed by atoms with Gasteiger partial charge < -0.3 is 39.0 Å². The number of benzene rings is 1. The van der Waals surface area contributed by atoms with Crippen molar-refractivity contribution in [1.82, 2.24) is 9.78 Å². The number of rotatable bonds is 10. The van der Waals surface area contributed by atoms with Crippen LogP contribution in [0.3, 0.4) is 0 Å². The molecule has 1 aromatic carbocycles. The summed E-state index contributed by atoms with van der Waals surface area (Å²) >= 11 is 0. The van der Waals surface area contributed by atoms with Gasteiger partial charge in [0.05, 0.1) is 15.4 Å². The van der Waals surface area contributed by atoms with Crippen LogP contribution >= 0.6 is 0 Å². The van der Waals surface area contributed by atoms with E-state index in [1.165, 1.54) is 4.68 Å². The van der Waals surface area contributed by atoms with E-state index in [2.05, 4.69) is 5.10 Å². The molecule has 3 rings (SSSR count). The van der Waals surface area contributed by atoms with E-state index in [0.29, 0.717) is 23.4 Å². The van der Waals surface area contributed by atoms with Crippen LogP contribution in [0.4, 0.5) is 4.79 Å². The van der Waals surface area contributed by atoms with Gasteiger partial charge in [-0.1, -0.05) is 12.1 Å². The first kappa shape index (κ1) is 25.8. The van der Waals surface area contributed by atoms with Crippen molar-refractivity contribution in [3.63, 3.8) is 0 Å². The number of hydrogen-bond donors (Lipinski definition) is 3. The zero-order valence-electron chi connectivity index (χ0n) is 24.0. The molecule has 0 spiro atoms. The van der Waals surface area contributed by atoms with Gasteiger partial charge in [-0.2, -0.15) is 0 Å². The van der Waals surface area contributed by atoms with Crippen molar-refractivity contribution in [3.05, 3.63) is 41.1 Å². The highest BCUT2D eigenvalue weighted by Crippen LogP contribution is 2.31. The van der Waals surface area contributed by atoms with Gasteiger partial charge in [-0.3, -0.25) is 4.68 Å². The van der Waals surface area contributed by atoms with Crippen LogP contribution < -0.4 is 9.47 Å². The maximum Gasteiger partial charge on any atom is 0.508 e. The monoisotopic (exact) mass is 524 g/mol. The molecule has 0 unspecified atom stereocenters. The lowest BCUT2D eigenvalue weighted by molar-refractivity contribution is -0.278. The fraction of sp³-hybridized carbons (Fsp3) is 0.615. The molecule has 11 nitrogen and oxygen atoms in total. The molecule has 206 valence electrons. The quantitative estimate of drug-likeness (QED) is 0.397. The summed E-state index contributed by atoms with van der Waals surface area (Å²) in [5.74, 6) is 0.607. The van der Waals surface area contributed by atoms with E-state index in [-0.39, 0.29) is 12.5 Å². The third-order valence-electron chi connectivity index (χ3n) is 5.78. The third kappa shape index (κ3) is 7.13. The van der Waals surface area contributed by atoms with Crippen LogP contribution in [0.5, 0.6) is 11.6 Å². The SMILES string of the molecule is [2H]C(C)(C)Oc1ccc(Cc2c(O[C@@H]3O[C@H](COC(=O)OCC)[C@@H](O)[C@H](O)[C@H]3O)nn(C([2H])(C)C)c2C)cc1. The molecule has 0 bridgehead atoms. The largest absolute Gasteiger partial charge is 0.508 e. The number of carbonyl (C=O) groups is 1. The molecule has 37 heavy (non-hydrogen) atoms. The Morgan fingerprint density at radius 1 is 1.11 bits per heavy atom. The maximum absolute atomic E-state index is 11.6. The third-order valence-corrected chi connectivity index (χ3v) is 5.78. The number of aliphatic hydroxyl groups excluding tert-OH is 3. The van der Waals surface area contributed by atoms with Crippen LogP contribution in [0.1, 0.15) is 60.2 Å². The van der Waals surface area contributed by atoms with Crippen LogP contribution in [-0.2, 0) is 20.6 Å². The summed E-state index contributed by atoms with van der Waals surface area (Å²) in [6, 6.07) is 6.03. The van der Waals surface area contributed by atoms with Gasteiger partial charge in [0.15, 0.2) is 0 Å². The molecular formula is C26H38N2O9. The molecule has 1 aromatic heterocycles. The predicted molar refractivity (Wildman–Crippen MR) is 133 cm³/mol. The Kier molecular flexibility index (Phi) is 8.77. The first-order valence-electron chi connectivity index (χ1n) is 13.1. The minimum atomic E-state index is -1.66. The highest BCUT2D eigenvalue weighted by atomic mass is 16.7. The topological polar surface area (TPSA) is 142 Å². The Morgan fingerprint density at radius 2 is 1.78 bits per heavy atom. The Hall–Kier alpha value is -2.86. The van der Waals surface area contributed by atoms with Gasteiger partial charge in [0.2, 0.25) is 12.2 Å². The number of carbonyl (C=O) groups excluding carboxylic acids is 1. The van der Waals surface area contributed by atoms with Gasteiger partial charge >= 0.3 is 6.16 Å². The molecule has 0 amide bonds. The first-order valence-corrected chi connectivity index (χ1v) is 12.1. The maximum atomic E-state index is 11.6. The Morgan fingerprint density at radius 3 is 2.38 bits per heavy atom. The molecular weight excluding hydrogens is 484 g/mol. The highest BCUT2D eigenvalue weighted by molar-refractivity contribution is 5.59. The summed E-state index contributed by atoms with van der Waals surface area (Å²) in [7, 11) is 0. The first-order chi connectivity index (χ1) is 18.1. The second-order valence-electron chi connectivity index (χ2n) is 9.19. The molecule has 0 radical (unpaired) electrons. The molecule has 2 heterocycles. The summed E-state index contributed by atoms with van der Waals surface area (Å²) in [6.07, 6.45) is -9.27. The molecule has 5 atom stereocenters. The van der Waals surface area contributed by atoms with Gasteiger partial charge in [0.1, 0.15) is 36.8 Å². The van der Waals surface area contributed by atoms with Gasteiger partial charge in [-0.25, -0.2) is 4.79 Å². The fourth-order valence-electron chi connectivity index (χ4n) is 3.93. The van der Waals surface area contributed by atoms with E-state index in [4.69, 9.17) is 26.4 Å². The van der Waals surface area contributed by atoms with Crippen molar-refractivity contribution in [3.8, 4) is 11.6 Å². The standard InChI is InChI=1S/C26H38N2O9/c1-7-33-26(32)34-13-20-21(29)22(30)23(31)25(36-20)37-24-19(16(6)28(27-24)14(2)3)12-17-8-10-18(11-9-17)35-15(4)5/h8-11,14-15,20-23,25,29-31H,7,12-13H2,1-6H3/t20-,21-,22+,23-,25+/m1/s1/i14D,15D. The van der Waals surface area contributed by atoms with Crippen LogP contribution in [-0.4, -0.2) is 81.3 Å². The summed E-state index contributed by atoms with van der Waals surface area (Å²) < 4.78 is 44.7. The number of ether oxygens (including phenoxy) is 5. The number of hydrogen-bond acceptors (Lipinski definition) is 10. The molecule has 1 aliphatic heterocycles. The Bertz CT molecular complexity index is 1110. The molecule has 1 fully saturated rings. The van der Waals surface area contributed by atoms with Crippen LogP contribution in [0.2, 0.25) is 0 Å². The lowest BCUT2D eigenvalue weighted by atomic mass is 9.99. The Balaban J connectivity index is 1.86.